The van der Waals surface area contributed by atoms with Crippen LogP contribution in [0.1, 0.15) is 33.2 Å². The number of hydrogen-bond donors (Lipinski definition) is 1. The lowest BCUT2D eigenvalue weighted by Crippen LogP contribution is -2.45. The van der Waals surface area contributed by atoms with Crippen LogP contribution in [0.2, 0.25) is 15.1 Å². The molecule has 134 valence electrons. The molecule has 26 heavy (non-hydrogen) atoms. The predicted molar refractivity (Wildman–Crippen MR) is 101 cm³/mol. The number of hydrogen-bond acceptors (Lipinski definition) is 3. The molecule has 1 N–H and O–H groups in total. The van der Waals surface area contributed by atoms with Crippen LogP contribution >= 0.6 is 34.8 Å². The first-order chi connectivity index (χ1) is 12.2. The van der Waals surface area contributed by atoms with Crippen LogP contribution in [-0.4, -0.2) is 28.7 Å². The molecule has 1 aliphatic heterocycles. The number of anilines is 1. The van der Waals surface area contributed by atoms with Gasteiger partial charge in [0.25, 0.3) is 11.8 Å². The van der Waals surface area contributed by atoms with Gasteiger partial charge >= 0.3 is 0 Å². The van der Waals surface area contributed by atoms with Crippen LogP contribution < -0.4 is 5.32 Å². The monoisotopic (exact) mass is 410 g/mol. The quantitative estimate of drug-likeness (QED) is 0.752. The van der Waals surface area contributed by atoms with Crippen molar-refractivity contribution in [2.75, 3.05) is 5.32 Å². The van der Waals surface area contributed by atoms with Crippen molar-refractivity contribution in [3.05, 3.63) is 62.1 Å². The standard InChI is InChI=1S/C18H13Cl3N2O3/c1-8-3-4-10(19)5-15(8)22-16(24)9(2)23-17(25)11-6-13(20)14(21)7-12(11)18(23)26/h3-7,9H,1-2H3,(H,22,24). The molecule has 1 aliphatic rings. The highest BCUT2D eigenvalue weighted by Crippen LogP contribution is 2.32. The van der Waals surface area contributed by atoms with E-state index in [9.17, 15) is 14.4 Å². The van der Waals surface area contributed by atoms with Crippen molar-refractivity contribution >= 4 is 58.2 Å². The third-order valence-electron chi connectivity index (χ3n) is 4.18. The Labute approximate surface area is 164 Å². The zero-order chi connectivity index (χ0) is 19.2. The Morgan fingerprint density at radius 2 is 1.54 bits per heavy atom. The summed E-state index contributed by atoms with van der Waals surface area (Å²) in [7, 11) is 0. The maximum absolute atomic E-state index is 12.6. The summed E-state index contributed by atoms with van der Waals surface area (Å²) in [6.45, 7) is 3.28. The first-order valence-corrected chi connectivity index (χ1v) is 8.78. The fourth-order valence-electron chi connectivity index (χ4n) is 2.69. The summed E-state index contributed by atoms with van der Waals surface area (Å²) in [5.41, 5.74) is 1.57. The summed E-state index contributed by atoms with van der Waals surface area (Å²) in [5.74, 6) is -1.69. The molecule has 0 radical (unpaired) electrons. The highest BCUT2D eigenvalue weighted by Gasteiger charge is 2.41. The van der Waals surface area contributed by atoms with E-state index in [4.69, 9.17) is 34.8 Å². The molecule has 5 nitrogen and oxygen atoms in total. The zero-order valence-electron chi connectivity index (χ0n) is 13.8. The van der Waals surface area contributed by atoms with Gasteiger partial charge in [0.15, 0.2) is 0 Å². The van der Waals surface area contributed by atoms with Gasteiger partial charge in [-0.2, -0.15) is 0 Å². The minimum atomic E-state index is -1.03. The molecule has 1 heterocycles. The number of aryl methyl sites for hydroxylation is 1. The topological polar surface area (TPSA) is 66.5 Å². The molecule has 0 aromatic heterocycles. The second kappa shape index (κ2) is 6.91. The Bertz CT molecular complexity index is 918. The number of halogens is 3. The Morgan fingerprint density at radius 1 is 1.00 bits per heavy atom. The van der Waals surface area contributed by atoms with Crippen molar-refractivity contribution < 1.29 is 14.4 Å². The fraction of sp³-hybridized carbons (Fsp3) is 0.167. The van der Waals surface area contributed by atoms with Gasteiger partial charge in [-0.05, 0) is 43.7 Å². The van der Waals surface area contributed by atoms with E-state index in [0.29, 0.717) is 10.7 Å². The number of nitrogens with one attached hydrogen (secondary N) is 1. The number of nitrogens with zero attached hydrogens (tertiary/aromatic N) is 1. The number of carbonyl (C=O) groups is 3. The smallest absolute Gasteiger partial charge is 0.262 e. The first kappa shape index (κ1) is 18.7. The van der Waals surface area contributed by atoms with E-state index in [1.54, 1.807) is 18.2 Å². The minimum absolute atomic E-state index is 0.128. The van der Waals surface area contributed by atoms with E-state index < -0.39 is 23.8 Å². The molecule has 1 atom stereocenters. The Kier molecular flexibility index (Phi) is 4.97. The van der Waals surface area contributed by atoms with Crippen molar-refractivity contribution in [1.29, 1.82) is 0 Å². The largest absolute Gasteiger partial charge is 0.324 e. The summed E-state index contributed by atoms with van der Waals surface area (Å²) in [4.78, 5) is 38.7. The van der Waals surface area contributed by atoms with E-state index >= 15 is 0 Å². The van der Waals surface area contributed by atoms with Gasteiger partial charge in [-0.25, -0.2) is 0 Å². The predicted octanol–water partition coefficient (Wildman–Crippen LogP) is 4.58. The maximum atomic E-state index is 12.6. The summed E-state index contributed by atoms with van der Waals surface area (Å²) in [6, 6.07) is 6.71. The first-order valence-electron chi connectivity index (χ1n) is 7.64. The van der Waals surface area contributed by atoms with Crippen molar-refractivity contribution in [3.8, 4) is 0 Å². The van der Waals surface area contributed by atoms with Crippen molar-refractivity contribution in [2.24, 2.45) is 0 Å². The third-order valence-corrected chi connectivity index (χ3v) is 5.14. The van der Waals surface area contributed by atoms with Crippen LogP contribution in [0.4, 0.5) is 5.69 Å². The number of amides is 3. The molecule has 2 aromatic carbocycles. The number of imide groups is 1. The lowest BCUT2D eigenvalue weighted by Gasteiger charge is -2.22. The van der Waals surface area contributed by atoms with Crippen LogP contribution in [-0.2, 0) is 4.79 Å². The summed E-state index contributed by atoms with van der Waals surface area (Å²) >= 11 is 17.8. The van der Waals surface area contributed by atoms with Gasteiger partial charge < -0.3 is 5.32 Å². The van der Waals surface area contributed by atoms with E-state index in [0.717, 1.165) is 10.5 Å². The molecule has 0 aliphatic carbocycles. The molecule has 8 heteroatoms. The second-order valence-corrected chi connectivity index (χ2v) is 7.17. The highest BCUT2D eigenvalue weighted by molar-refractivity contribution is 6.43. The molecule has 1 unspecified atom stereocenters. The van der Waals surface area contributed by atoms with Crippen molar-refractivity contribution in [3.63, 3.8) is 0 Å². The van der Waals surface area contributed by atoms with Crippen LogP contribution in [0.15, 0.2) is 30.3 Å². The average molecular weight is 412 g/mol. The van der Waals surface area contributed by atoms with E-state index in [1.807, 2.05) is 6.92 Å². The Balaban J connectivity index is 1.87. The minimum Gasteiger partial charge on any atom is -0.324 e. The van der Waals surface area contributed by atoms with Crippen LogP contribution in [0, 0.1) is 6.92 Å². The van der Waals surface area contributed by atoms with E-state index in [1.165, 1.54) is 19.1 Å². The molecule has 0 spiro atoms. The van der Waals surface area contributed by atoms with Gasteiger partial charge in [-0.15, -0.1) is 0 Å². The average Bonchev–Trinajstić information content (AvgIpc) is 2.81. The maximum Gasteiger partial charge on any atom is 0.262 e. The number of rotatable bonds is 3. The summed E-state index contributed by atoms with van der Waals surface area (Å²) < 4.78 is 0. The van der Waals surface area contributed by atoms with Gasteiger partial charge in [-0.3, -0.25) is 19.3 Å². The molecule has 3 rings (SSSR count). The van der Waals surface area contributed by atoms with Crippen molar-refractivity contribution in [1.82, 2.24) is 4.90 Å². The normalized spacial score (nSPS) is 14.4. The molecule has 0 fully saturated rings. The van der Waals surface area contributed by atoms with Gasteiger partial charge in [0.1, 0.15) is 6.04 Å². The summed E-state index contributed by atoms with van der Waals surface area (Å²) in [6.07, 6.45) is 0. The lowest BCUT2D eigenvalue weighted by molar-refractivity contribution is -0.119. The number of carbonyl (C=O) groups excluding carboxylic acids is 3. The SMILES string of the molecule is Cc1ccc(Cl)cc1NC(=O)C(C)N1C(=O)c2cc(Cl)c(Cl)cc2C1=O. The molecule has 2 aromatic rings. The van der Waals surface area contributed by atoms with Crippen molar-refractivity contribution in [2.45, 2.75) is 19.9 Å². The van der Waals surface area contributed by atoms with Crippen LogP contribution in [0.5, 0.6) is 0 Å². The molecule has 0 bridgehead atoms. The molecule has 3 amide bonds. The Hall–Kier alpha value is -2.08. The van der Waals surface area contributed by atoms with Gasteiger partial charge in [0.2, 0.25) is 5.91 Å². The Morgan fingerprint density at radius 3 is 2.08 bits per heavy atom. The third kappa shape index (κ3) is 3.18. The van der Waals surface area contributed by atoms with Gasteiger partial charge in [-0.1, -0.05) is 40.9 Å². The number of fused-ring (bicyclic) bond motifs is 1. The number of benzene rings is 2. The van der Waals surface area contributed by atoms with E-state index in [2.05, 4.69) is 5.32 Å². The molecular formula is C18H13Cl3N2O3. The fourth-order valence-corrected chi connectivity index (χ4v) is 3.19. The lowest BCUT2D eigenvalue weighted by atomic mass is 10.1. The van der Waals surface area contributed by atoms with E-state index in [-0.39, 0.29) is 21.2 Å². The van der Waals surface area contributed by atoms with Crippen LogP contribution in [0.3, 0.4) is 0 Å². The second-order valence-electron chi connectivity index (χ2n) is 5.92. The van der Waals surface area contributed by atoms with Gasteiger partial charge in [0.05, 0.1) is 21.2 Å². The summed E-state index contributed by atoms with van der Waals surface area (Å²) in [5, 5.41) is 3.49. The van der Waals surface area contributed by atoms with Gasteiger partial charge in [0, 0.05) is 10.7 Å². The van der Waals surface area contributed by atoms with Crippen LogP contribution in [0.25, 0.3) is 0 Å². The molecular weight excluding hydrogens is 399 g/mol. The molecule has 0 saturated heterocycles. The molecule has 0 saturated carbocycles. The highest BCUT2D eigenvalue weighted by atomic mass is 35.5. The zero-order valence-corrected chi connectivity index (χ0v) is 16.0.